The molecule has 6 heteroatoms. The number of carboxylic acids is 1. The number of carbonyl (C=O) groups is 2. The average molecular weight is 276 g/mol. The Labute approximate surface area is 113 Å². The fraction of sp³-hybridized carbons (Fsp3) is 0.154. The summed E-state index contributed by atoms with van der Waals surface area (Å²) in [7, 11) is 0. The maximum Gasteiger partial charge on any atom is 0.307 e. The van der Waals surface area contributed by atoms with Gasteiger partial charge in [0.15, 0.2) is 0 Å². The highest BCUT2D eigenvalue weighted by Crippen LogP contribution is 2.10. The van der Waals surface area contributed by atoms with E-state index in [1.54, 1.807) is 30.5 Å². The van der Waals surface area contributed by atoms with Gasteiger partial charge in [-0.25, -0.2) is 4.98 Å². The Morgan fingerprint density at radius 3 is 2.79 bits per heavy atom. The maximum atomic E-state index is 12.0. The Balaban J connectivity index is 2.08. The molecule has 1 aromatic heterocycles. The van der Waals surface area contributed by atoms with Crippen LogP contribution in [0.15, 0.2) is 35.8 Å². The zero-order valence-corrected chi connectivity index (χ0v) is 10.8. The van der Waals surface area contributed by atoms with E-state index in [2.05, 4.69) is 10.3 Å². The number of thiazole rings is 1. The zero-order chi connectivity index (χ0) is 13.7. The number of carboxylic acid groups (broad SMARTS) is 1. The third-order valence-corrected chi connectivity index (χ3v) is 3.27. The molecule has 98 valence electrons. The summed E-state index contributed by atoms with van der Waals surface area (Å²) >= 11 is 1.45. The molecule has 0 fully saturated rings. The van der Waals surface area contributed by atoms with Crippen LogP contribution in [0.4, 0.5) is 0 Å². The van der Waals surface area contributed by atoms with Crippen molar-refractivity contribution in [3.05, 3.63) is 52.0 Å². The van der Waals surface area contributed by atoms with Gasteiger partial charge >= 0.3 is 5.97 Å². The highest BCUT2D eigenvalue weighted by molar-refractivity contribution is 7.09. The number of aromatic nitrogens is 1. The van der Waals surface area contributed by atoms with E-state index >= 15 is 0 Å². The quantitative estimate of drug-likeness (QED) is 0.871. The minimum absolute atomic E-state index is 0.166. The molecule has 0 aliphatic carbocycles. The molecular weight excluding hydrogens is 264 g/mol. The van der Waals surface area contributed by atoms with Gasteiger partial charge in [0, 0.05) is 17.1 Å². The number of benzene rings is 1. The Morgan fingerprint density at radius 2 is 2.11 bits per heavy atom. The van der Waals surface area contributed by atoms with Gasteiger partial charge in [-0.05, 0) is 11.6 Å². The molecule has 1 aromatic carbocycles. The normalized spacial score (nSPS) is 10.1. The predicted octanol–water partition coefficient (Wildman–Crippen LogP) is 1.70. The monoisotopic (exact) mass is 276 g/mol. The van der Waals surface area contributed by atoms with Crippen molar-refractivity contribution in [2.24, 2.45) is 0 Å². The molecule has 19 heavy (non-hydrogen) atoms. The van der Waals surface area contributed by atoms with Crippen LogP contribution in [0.2, 0.25) is 0 Å². The Hall–Kier alpha value is -2.21. The fourth-order valence-corrected chi connectivity index (χ4v) is 2.21. The second-order valence-corrected chi connectivity index (χ2v) is 4.82. The summed E-state index contributed by atoms with van der Waals surface area (Å²) < 4.78 is 0. The molecular formula is C13H12N2O3S. The summed E-state index contributed by atoms with van der Waals surface area (Å²) in [6.07, 6.45) is 1.51. The van der Waals surface area contributed by atoms with Crippen LogP contribution in [0.5, 0.6) is 0 Å². The van der Waals surface area contributed by atoms with E-state index in [1.165, 1.54) is 11.3 Å². The van der Waals surface area contributed by atoms with Crippen LogP contribution >= 0.6 is 11.3 Å². The van der Waals surface area contributed by atoms with Gasteiger partial charge in [0.05, 0.1) is 13.0 Å². The third kappa shape index (κ3) is 3.62. The van der Waals surface area contributed by atoms with Gasteiger partial charge in [0.25, 0.3) is 5.91 Å². The lowest BCUT2D eigenvalue weighted by Gasteiger charge is -2.07. The highest BCUT2D eigenvalue weighted by Gasteiger charge is 2.13. The van der Waals surface area contributed by atoms with Crippen molar-refractivity contribution in [1.29, 1.82) is 0 Å². The molecule has 0 bridgehead atoms. The summed E-state index contributed by atoms with van der Waals surface area (Å²) in [6.45, 7) is 0.345. The van der Waals surface area contributed by atoms with E-state index in [0.29, 0.717) is 17.7 Å². The number of hydrogen-bond donors (Lipinski definition) is 2. The first-order valence-corrected chi connectivity index (χ1v) is 6.51. The van der Waals surface area contributed by atoms with E-state index in [9.17, 15) is 9.59 Å². The molecule has 2 rings (SSSR count). The van der Waals surface area contributed by atoms with E-state index < -0.39 is 5.97 Å². The van der Waals surface area contributed by atoms with Crippen LogP contribution in [0.3, 0.4) is 0 Å². The minimum atomic E-state index is -0.958. The second kappa shape index (κ2) is 6.10. The van der Waals surface area contributed by atoms with Crippen LogP contribution < -0.4 is 5.32 Å². The van der Waals surface area contributed by atoms with Crippen molar-refractivity contribution < 1.29 is 14.7 Å². The van der Waals surface area contributed by atoms with E-state index in [0.717, 1.165) is 5.01 Å². The van der Waals surface area contributed by atoms with Crippen LogP contribution in [-0.4, -0.2) is 22.0 Å². The molecule has 0 aliphatic heterocycles. The van der Waals surface area contributed by atoms with E-state index in [1.807, 2.05) is 5.38 Å². The number of aliphatic carboxylic acids is 1. The molecule has 0 aliphatic rings. The van der Waals surface area contributed by atoms with E-state index in [-0.39, 0.29) is 12.3 Å². The molecule has 5 nitrogen and oxygen atoms in total. The van der Waals surface area contributed by atoms with Gasteiger partial charge < -0.3 is 10.4 Å². The lowest BCUT2D eigenvalue weighted by atomic mass is 10.0. The number of hydrogen-bond acceptors (Lipinski definition) is 4. The number of nitrogens with zero attached hydrogens (tertiary/aromatic N) is 1. The Kier molecular flexibility index (Phi) is 4.25. The molecule has 0 unspecified atom stereocenters. The SMILES string of the molecule is O=C(O)Cc1ccccc1C(=O)NCc1nccs1. The van der Waals surface area contributed by atoms with Crippen molar-refractivity contribution in [3.63, 3.8) is 0 Å². The van der Waals surface area contributed by atoms with Gasteiger partial charge in [-0.3, -0.25) is 9.59 Å². The summed E-state index contributed by atoms with van der Waals surface area (Å²) in [6, 6.07) is 6.70. The van der Waals surface area contributed by atoms with Crippen molar-refractivity contribution in [1.82, 2.24) is 10.3 Å². The molecule has 2 N–H and O–H groups in total. The smallest absolute Gasteiger partial charge is 0.307 e. The number of amides is 1. The zero-order valence-electron chi connectivity index (χ0n) is 10.00. The Morgan fingerprint density at radius 1 is 1.32 bits per heavy atom. The first-order valence-electron chi connectivity index (χ1n) is 5.63. The van der Waals surface area contributed by atoms with Gasteiger partial charge in [-0.1, -0.05) is 18.2 Å². The number of carbonyl (C=O) groups excluding carboxylic acids is 1. The molecule has 0 atom stereocenters. The lowest BCUT2D eigenvalue weighted by Crippen LogP contribution is -2.24. The van der Waals surface area contributed by atoms with Crippen molar-refractivity contribution in [2.45, 2.75) is 13.0 Å². The molecule has 2 aromatic rings. The summed E-state index contributed by atoms with van der Waals surface area (Å²) in [5.41, 5.74) is 0.896. The lowest BCUT2D eigenvalue weighted by molar-refractivity contribution is -0.136. The summed E-state index contributed by atoms with van der Waals surface area (Å²) in [5.74, 6) is -1.24. The summed E-state index contributed by atoms with van der Waals surface area (Å²) in [4.78, 5) is 26.8. The molecule has 0 saturated heterocycles. The topological polar surface area (TPSA) is 79.3 Å². The van der Waals surface area contributed by atoms with Gasteiger partial charge in [0.1, 0.15) is 5.01 Å². The Bertz CT molecular complexity index is 581. The maximum absolute atomic E-state index is 12.0. The molecule has 1 amide bonds. The second-order valence-electron chi connectivity index (χ2n) is 3.84. The van der Waals surface area contributed by atoms with Crippen molar-refractivity contribution in [2.75, 3.05) is 0 Å². The highest BCUT2D eigenvalue weighted by atomic mass is 32.1. The fourth-order valence-electron chi connectivity index (χ4n) is 1.65. The molecule has 0 saturated carbocycles. The van der Waals surface area contributed by atoms with Gasteiger partial charge in [-0.15, -0.1) is 11.3 Å². The van der Waals surface area contributed by atoms with Crippen LogP contribution in [0.1, 0.15) is 20.9 Å². The van der Waals surface area contributed by atoms with E-state index in [4.69, 9.17) is 5.11 Å². The van der Waals surface area contributed by atoms with Crippen molar-refractivity contribution in [3.8, 4) is 0 Å². The van der Waals surface area contributed by atoms with Crippen LogP contribution in [0, 0.1) is 0 Å². The predicted molar refractivity (Wildman–Crippen MR) is 71.1 cm³/mol. The van der Waals surface area contributed by atoms with Gasteiger partial charge in [0.2, 0.25) is 0 Å². The molecule has 0 spiro atoms. The minimum Gasteiger partial charge on any atom is -0.481 e. The number of nitrogens with one attached hydrogen (secondary N) is 1. The third-order valence-electron chi connectivity index (χ3n) is 2.49. The van der Waals surface area contributed by atoms with Crippen molar-refractivity contribution >= 4 is 23.2 Å². The van der Waals surface area contributed by atoms with Gasteiger partial charge in [-0.2, -0.15) is 0 Å². The largest absolute Gasteiger partial charge is 0.481 e. The standard InChI is InChI=1S/C13H12N2O3S/c16-12(17)7-9-3-1-2-4-10(9)13(18)15-8-11-14-5-6-19-11/h1-6H,7-8H2,(H,15,18)(H,16,17). The molecule has 1 heterocycles. The van der Waals surface area contributed by atoms with Crippen LogP contribution in [0.25, 0.3) is 0 Å². The first kappa shape index (κ1) is 13.2. The average Bonchev–Trinajstić information content (AvgIpc) is 2.89. The summed E-state index contributed by atoms with van der Waals surface area (Å²) in [5, 5.41) is 14.2. The molecule has 0 radical (unpaired) electrons. The van der Waals surface area contributed by atoms with Crippen LogP contribution in [-0.2, 0) is 17.8 Å². The first-order chi connectivity index (χ1) is 9.16. The number of rotatable bonds is 5.